The summed E-state index contributed by atoms with van der Waals surface area (Å²) in [6.45, 7) is 0. The molecule has 0 fully saturated rings. The summed E-state index contributed by atoms with van der Waals surface area (Å²) in [5, 5.41) is 10.9. The first-order chi connectivity index (χ1) is 20.2. The zero-order valence-electron chi connectivity index (χ0n) is 21.7. The van der Waals surface area contributed by atoms with Crippen molar-refractivity contribution in [1.82, 2.24) is 9.97 Å². The van der Waals surface area contributed by atoms with Gasteiger partial charge in [-0.15, -0.1) is 0 Å². The number of nitrogens with zero attached hydrogens (tertiary/aromatic N) is 2. The van der Waals surface area contributed by atoms with Gasteiger partial charge in [-0.05, 0) is 77.2 Å². The van der Waals surface area contributed by atoms with Gasteiger partial charge in [-0.3, -0.25) is 4.98 Å². The number of anilines is 4. The maximum atomic E-state index is 14.1. The number of aromatic nitrogens is 2. The molecule has 0 atom stereocenters. The Labute approximate surface area is 237 Å². The number of benzene rings is 4. The second-order valence-electron chi connectivity index (χ2n) is 9.45. The fraction of sp³-hybridized carbons (Fsp3) is 0.0312. The highest BCUT2D eigenvalue weighted by Gasteiger charge is 2.31. The van der Waals surface area contributed by atoms with E-state index in [1.54, 1.807) is 30.6 Å². The summed E-state index contributed by atoms with van der Waals surface area (Å²) in [4.78, 5) is 21.5. The van der Waals surface area contributed by atoms with Crippen LogP contribution in [0.1, 0.15) is 5.56 Å². The molecule has 42 heavy (non-hydrogen) atoms. The number of rotatable bonds is 5. The van der Waals surface area contributed by atoms with E-state index in [2.05, 4.69) is 25.9 Å². The molecule has 0 saturated heterocycles. The molecule has 208 valence electrons. The number of hydrogen-bond acceptors (Lipinski definition) is 4. The molecule has 0 spiro atoms. The van der Waals surface area contributed by atoms with Crippen LogP contribution in [0.5, 0.6) is 0 Å². The summed E-state index contributed by atoms with van der Waals surface area (Å²) in [5.41, 5.74) is 2.10. The van der Waals surface area contributed by atoms with Gasteiger partial charge in [-0.25, -0.2) is 14.2 Å². The number of halogens is 4. The number of alkyl halides is 3. The maximum Gasteiger partial charge on any atom is 0.416 e. The zero-order chi connectivity index (χ0) is 29.3. The highest BCUT2D eigenvalue weighted by molar-refractivity contribution is 6.04. The van der Waals surface area contributed by atoms with Crippen molar-refractivity contribution in [3.05, 3.63) is 121 Å². The van der Waals surface area contributed by atoms with Crippen LogP contribution in [0.2, 0.25) is 0 Å². The van der Waals surface area contributed by atoms with Gasteiger partial charge in [0.1, 0.15) is 11.6 Å². The van der Waals surface area contributed by atoms with Crippen molar-refractivity contribution in [1.29, 1.82) is 0 Å². The summed E-state index contributed by atoms with van der Waals surface area (Å²) in [5.74, 6) is -0.324. The Morgan fingerprint density at radius 2 is 1.57 bits per heavy atom. The van der Waals surface area contributed by atoms with E-state index in [0.29, 0.717) is 29.7 Å². The van der Waals surface area contributed by atoms with Gasteiger partial charge in [-0.2, -0.15) is 13.2 Å². The van der Waals surface area contributed by atoms with Crippen LogP contribution in [0.25, 0.3) is 32.8 Å². The van der Waals surface area contributed by atoms with Gasteiger partial charge in [0.2, 0.25) is 0 Å². The highest BCUT2D eigenvalue weighted by Crippen LogP contribution is 2.34. The SMILES string of the molecule is O=C(Nc1cccc(-c2cccc3c(Nc4ccc5ncccc5c4)nccc23)c1)Nc1cc(C(F)(F)F)ccc1F. The van der Waals surface area contributed by atoms with Crippen molar-refractivity contribution in [3.8, 4) is 11.1 Å². The lowest BCUT2D eigenvalue weighted by molar-refractivity contribution is -0.137. The second-order valence-corrected chi connectivity index (χ2v) is 9.45. The molecule has 6 rings (SSSR count). The van der Waals surface area contributed by atoms with Crippen molar-refractivity contribution in [3.63, 3.8) is 0 Å². The molecule has 3 N–H and O–H groups in total. The average molecular weight is 568 g/mol. The van der Waals surface area contributed by atoms with Gasteiger partial charge in [0, 0.05) is 34.5 Å². The van der Waals surface area contributed by atoms with Crippen LogP contribution in [0.15, 0.2) is 109 Å². The predicted octanol–water partition coefficient (Wildman–Crippen LogP) is 9.00. The van der Waals surface area contributed by atoms with Crippen molar-refractivity contribution in [2.45, 2.75) is 6.18 Å². The molecular formula is C32H21F4N5O. The molecule has 0 aliphatic carbocycles. The lowest BCUT2D eigenvalue weighted by Gasteiger charge is -2.14. The minimum atomic E-state index is -4.68. The normalized spacial score (nSPS) is 11.4. The number of urea groups is 1. The zero-order valence-corrected chi connectivity index (χ0v) is 21.7. The third-order valence-electron chi connectivity index (χ3n) is 6.65. The van der Waals surface area contributed by atoms with Crippen LogP contribution in [0, 0.1) is 5.82 Å². The summed E-state index contributed by atoms with van der Waals surface area (Å²) in [6, 6.07) is 25.3. The molecule has 0 radical (unpaired) electrons. The van der Waals surface area contributed by atoms with Crippen LogP contribution < -0.4 is 16.0 Å². The summed E-state index contributed by atoms with van der Waals surface area (Å²) < 4.78 is 53.2. The van der Waals surface area contributed by atoms with Crippen LogP contribution >= 0.6 is 0 Å². The Bertz CT molecular complexity index is 1960. The molecule has 0 unspecified atom stereocenters. The molecule has 0 aliphatic rings. The molecule has 4 aromatic carbocycles. The van der Waals surface area contributed by atoms with E-state index in [4.69, 9.17) is 0 Å². The van der Waals surface area contributed by atoms with Crippen molar-refractivity contribution >= 4 is 50.6 Å². The number of fused-ring (bicyclic) bond motifs is 2. The van der Waals surface area contributed by atoms with Crippen molar-refractivity contribution in [2.75, 3.05) is 16.0 Å². The third kappa shape index (κ3) is 5.55. The van der Waals surface area contributed by atoms with Crippen LogP contribution in [0.4, 0.5) is 45.2 Å². The topological polar surface area (TPSA) is 78.9 Å². The highest BCUT2D eigenvalue weighted by atomic mass is 19.4. The van der Waals surface area contributed by atoms with Crippen LogP contribution in [0.3, 0.4) is 0 Å². The molecule has 10 heteroatoms. The first-order valence-electron chi connectivity index (χ1n) is 12.8. The van der Waals surface area contributed by atoms with Crippen molar-refractivity contribution < 1.29 is 22.4 Å². The minimum Gasteiger partial charge on any atom is -0.340 e. The number of nitrogens with one attached hydrogen (secondary N) is 3. The quantitative estimate of drug-likeness (QED) is 0.182. The van der Waals surface area contributed by atoms with Gasteiger partial charge in [-0.1, -0.05) is 36.4 Å². The first-order valence-corrected chi connectivity index (χ1v) is 12.8. The molecule has 2 aromatic heterocycles. The van der Waals surface area contributed by atoms with Gasteiger partial charge < -0.3 is 16.0 Å². The second kappa shape index (κ2) is 10.8. The third-order valence-corrected chi connectivity index (χ3v) is 6.65. The Morgan fingerprint density at radius 1 is 0.714 bits per heavy atom. The number of amides is 2. The van der Waals surface area contributed by atoms with Crippen LogP contribution in [-0.2, 0) is 6.18 Å². The molecule has 2 heterocycles. The molecule has 0 bridgehead atoms. The molecule has 6 aromatic rings. The van der Waals surface area contributed by atoms with Crippen molar-refractivity contribution in [2.24, 2.45) is 0 Å². The predicted molar refractivity (Wildman–Crippen MR) is 156 cm³/mol. The van der Waals surface area contributed by atoms with E-state index < -0.39 is 29.3 Å². The van der Waals surface area contributed by atoms with E-state index in [-0.39, 0.29) is 0 Å². The number of carbonyl (C=O) groups is 1. The van der Waals surface area contributed by atoms with E-state index >= 15 is 0 Å². The standard InChI is InChI=1S/C32H21F4N5O/c33-27-11-9-21(32(34,35)36)18-29(27)41-31(42)40-22-6-1-4-19(16-22)24-7-2-8-26-25(24)13-15-38-30(26)39-23-10-12-28-20(17-23)5-3-14-37-28/h1-18H,(H,38,39)(H2,40,41,42). The Morgan fingerprint density at radius 3 is 2.43 bits per heavy atom. The lowest BCUT2D eigenvalue weighted by atomic mass is 9.98. The number of hydrogen-bond donors (Lipinski definition) is 3. The van der Waals surface area contributed by atoms with Gasteiger partial charge in [0.05, 0.1) is 16.8 Å². The number of carbonyl (C=O) groups excluding carboxylic acids is 1. The Kier molecular flexibility index (Phi) is 6.87. The fourth-order valence-electron chi connectivity index (χ4n) is 4.70. The monoisotopic (exact) mass is 567 g/mol. The Balaban J connectivity index is 1.26. The van der Waals surface area contributed by atoms with Gasteiger partial charge >= 0.3 is 12.2 Å². The van der Waals surface area contributed by atoms with E-state index in [1.807, 2.05) is 60.7 Å². The average Bonchev–Trinajstić information content (AvgIpc) is 2.97. The van der Waals surface area contributed by atoms with E-state index in [9.17, 15) is 22.4 Å². The molecule has 0 aliphatic heterocycles. The fourth-order valence-corrected chi connectivity index (χ4v) is 4.70. The maximum absolute atomic E-state index is 14.1. The minimum absolute atomic E-state index is 0.367. The molecule has 0 saturated carbocycles. The molecule has 6 nitrogen and oxygen atoms in total. The molecular weight excluding hydrogens is 546 g/mol. The van der Waals surface area contributed by atoms with Gasteiger partial charge in [0.15, 0.2) is 0 Å². The number of pyridine rings is 2. The lowest BCUT2D eigenvalue weighted by Crippen LogP contribution is -2.20. The van der Waals surface area contributed by atoms with E-state index in [1.165, 1.54) is 0 Å². The molecule has 2 amide bonds. The summed E-state index contributed by atoms with van der Waals surface area (Å²) in [7, 11) is 0. The first kappa shape index (κ1) is 26.7. The Hall–Kier alpha value is -5.51. The smallest absolute Gasteiger partial charge is 0.340 e. The largest absolute Gasteiger partial charge is 0.416 e. The summed E-state index contributed by atoms with van der Waals surface area (Å²) in [6.07, 6.45) is -1.22. The summed E-state index contributed by atoms with van der Waals surface area (Å²) >= 11 is 0. The van der Waals surface area contributed by atoms with Crippen LogP contribution in [-0.4, -0.2) is 16.0 Å². The van der Waals surface area contributed by atoms with Gasteiger partial charge in [0.25, 0.3) is 0 Å². The van der Waals surface area contributed by atoms with E-state index in [0.717, 1.165) is 38.5 Å².